The van der Waals surface area contributed by atoms with Gasteiger partial charge in [0.2, 0.25) is 0 Å². The molecule has 0 bridgehead atoms. The number of rotatable bonds is 5. The highest BCUT2D eigenvalue weighted by Gasteiger charge is 2.16. The van der Waals surface area contributed by atoms with Crippen LogP contribution in [0.25, 0.3) is 0 Å². The highest BCUT2D eigenvalue weighted by molar-refractivity contribution is 5.72. The van der Waals surface area contributed by atoms with Crippen molar-refractivity contribution < 1.29 is 14.6 Å². The van der Waals surface area contributed by atoms with Crippen LogP contribution in [0.15, 0.2) is 18.2 Å². The van der Waals surface area contributed by atoms with Gasteiger partial charge in [0.05, 0.1) is 0 Å². The van der Waals surface area contributed by atoms with E-state index in [1.54, 1.807) is 0 Å². The first kappa shape index (κ1) is 13.5. The molecule has 4 nitrogen and oxygen atoms in total. The first-order valence-corrected chi connectivity index (χ1v) is 5.65. The number of para-hydroxylation sites is 1. The van der Waals surface area contributed by atoms with Crippen LogP contribution in [0, 0.1) is 6.92 Å². The highest BCUT2D eigenvalue weighted by Crippen LogP contribution is 2.25. The Hall–Kier alpha value is -1.55. The number of nitrogens with two attached hydrogens (primary N) is 1. The molecule has 0 aliphatic carbocycles. The Morgan fingerprint density at radius 1 is 1.47 bits per heavy atom. The fourth-order valence-electron chi connectivity index (χ4n) is 1.62. The first-order chi connectivity index (χ1) is 7.91. The van der Waals surface area contributed by atoms with Crippen LogP contribution in [0.4, 0.5) is 0 Å². The first-order valence-electron chi connectivity index (χ1n) is 5.65. The van der Waals surface area contributed by atoms with Crippen LogP contribution in [0.1, 0.15) is 25.0 Å². The van der Waals surface area contributed by atoms with Gasteiger partial charge in [0.1, 0.15) is 5.75 Å². The van der Waals surface area contributed by atoms with E-state index >= 15 is 0 Å². The van der Waals surface area contributed by atoms with E-state index in [2.05, 4.69) is 0 Å². The molecular formula is C13H19NO3. The van der Waals surface area contributed by atoms with Gasteiger partial charge in [-0.2, -0.15) is 0 Å². The van der Waals surface area contributed by atoms with Crippen LogP contribution in [0.2, 0.25) is 0 Å². The van der Waals surface area contributed by atoms with Crippen molar-refractivity contribution in [2.45, 2.75) is 39.3 Å². The SMILES string of the molecule is Cc1cccc(CC(C)N)c1OC(C)C(=O)O. The third kappa shape index (κ3) is 3.75. The Bertz CT molecular complexity index is 402. The minimum atomic E-state index is -0.972. The van der Waals surface area contributed by atoms with E-state index < -0.39 is 12.1 Å². The van der Waals surface area contributed by atoms with E-state index in [4.69, 9.17) is 15.6 Å². The summed E-state index contributed by atoms with van der Waals surface area (Å²) in [6.07, 6.45) is -0.188. The van der Waals surface area contributed by atoms with Crippen molar-refractivity contribution in [2.75, 3.05) is 0 Å². The lowest BCUT2D eigenvalue weighted by Gasteiger charge is -2.17. The number of carbonyl (C=O) groups is 1. The molecule has 0 saturated heterocycles. The van der Waals surface area contributed by atoms with Crippen molar-refractivity contribution >= 4 is 5.97 Å². The van der Waals surface area contributed by atoms with Gasteiger partial charge in [-0.15, -0.1) is 0 Å². The van der Waals surface area contributed by atoms with E-state index in [1.807, 2.05) is 32.0 Å². The molecule has 17 heavy (non-hydrogen) atoms. The number of ether oxygens (including phenoxy) is 1. The Balaban J connectivity index is 2.99. The molecule has 3 N–H and O–H groups in total. The lowest BCUT2D eigenvalue weighted by molar-refractivity contribution is -0.144. The van der Waals surface area contributed by atoms with E-state index in [1.165, 1.54) is 6.92 Å². The molecule has 2 unspecified atom stereocenters. The topological polar surface area (TPSA) is 72.5 Å². The van der Waals surface area contributed by atoms with Crippen molar-refractivity contribution in [3.63, 3.8) is 0 Å². The Morgan fingerprint density at radius 3 is 2.65 bits per heavy atom. The third-order valence-electron chi connectivity index (χ3n) is 2.48. The van der Waals surface area contributed by atoms with Gasteiger partial charge in [-0.05, 0) is 38.3 Å². The van der Waals surface area contributed by atoms with Gasteiger partial charge in [0.15, 0.2) is 6.10 Å². The summed E-state index contributed by atoms with van der Waals surface area (Å²) in [5, 5.41) is 8.86. The summed E-state index contributed by atoms with van der Waals surface area (Å²) >= 11 is 0. The quantitative estimate of drug-likeness (QED) is 0.818. The van der Waals surface area contributed by atoms with E-state index in [9.17, 15) is 4.79 Å². The number of hydrogen-bond acceptors (Lipinski definition) is 3. The van der Waals surface area contributed by atoms with E-state index in [-0.39, 0.29) is 6.04 Å². The van der Waals surface area contributed by atoms with Crippen LogP contribution < -0.4 is 10.5 Å². The van der Waals surface area contributed by atoms with Crippen LogP contribution in [0.5, 0.6) is 5.75 Å². The van der Waals surface area contributed by atoms with Gasteiger partial charge in [0, 0.05) is 6.04 Å². The Kier molecular flexibility index (Phi) is 4.52. The molecule has 0 fully saturated rings. The molecule has 2 atom stereocenters. The Labute approximate surface area is 101 Å². The number of aryl methyl sites for hydroxylation is 1. The maximum Gasteiger partial charge on any atom is 0.344 e. The fourth-order valence-corrected chi connectivity index (χ4v) is 1.62. The second kappa shape index (κ2) is 5.68. The normalized spacial score (nSPS) is 14.1. The molecular weight excluding hydrogens is 218 g/mol. The largest absolute Gasteiger partial charge is 0.479 e. The van der Waals surface area contributed by atoms with Crippen molar-refractivity contribution in [3.05, 3.63) is 29.3 Å². The van der Waals surface area contributed by atoms with Crippen LogP contribution >= 0.6 is 0 Å². The molecule has 0 aliphatic heterocycles. The predicted molar refractivity (Wildman–Crippen MR) is 66.3 cm³/mol. The summed E-state index contributed by atoms with van der Waals surface area (Å²) in [5.74, 6) is -0.334. The summed E-state index contributed by atoms with van der Waals surface area (Å²) in [5.41, 5.74) is 7.64. The zero-order chi connectivity index (χ0) is 13.0. The molecule has 1 aromatic carbocycles. The number of benzene rings is 1. The molecule has 1 rings (SSSR count). The fraction of sp³-hybridized carbons (Fsp3) is 0.462. The van der Waals surface area contributed by atoms with Crippen molar-refractivity contribution in [2.24, 2.45) is 5.73 Å². The van der Waals surface area contributed by atoms with Gasteiger partial charge < -0.3 is 15.6 Å². The van der Waals surface area contributed by atoms with Crippen molar-refractivity contribution in [1.29, 1.82) is 0 Å². The van der Waals surface area contributed by atoms with Gasteiger partial charge in [-0.1, -0.05) is 18.2 Å². The van der Waals surface area contributed by atoms with Crippen molar-refractivity contribution in [1.82, 2.24) is 0 Å². The summed E-state index contributed by atoms with van der Waals surface area (Å²) in [7, 11) is 0. The minimum absolute atomic E-state index is 0.0132. The number of carboxylic acids is 1. The lowest BCUT2D eigenvalue weighted by atomic mass is 10.0. The molecule has 0 amide bonds. The average molecular weight is 237 g/mol. The summed E-state index contributed by atoms with van der Waals surface area (Å²) < 4.78 is 5.48. The predicted octanol–water partition coefficient (Wildman–Crippen LogP) is 1.74. The maximum absolute atomic E-state index is 10.8. The molecule has 0 aliphatic rings. The summed E-state index contributed by atoms with van der Waals surface area (Å²) in [4.78, 5) is 10.8. The monoisotopic (exact) mass is 237 g/mol. The molecule has 0 saturated carbocycles. The van der Waals surface area contributed by atoms with Crippen LogP contribution in [-0.2, 0) is 11.2 Å². The van der Waals surface area contributed by atoms with E-state index in [0.29, 0.717) is 12.2 Å². The zero-order valence-corrected chi connectivity index (χ0v) is 10.4. The summed E-state index contributed by atoms with van der Waals surface area (Å²) in [6, 6.07) is 5.75. The maximum atomic E-state index is 10.8. The van der Waals surface area contributed by atoms with Gasteiger partial charge in [-0.25, -0.2) is 4.79 Å². The molecule has 0 radical (unpaired) electrons. The molecule has 1 aromatic rings. The van der Waals surface area contributed by atoms with Crippen molar-refractivity contribution in [3.8, 4) is 5.75 Å². The molecule has 0 aromatic heterocycles. The van der Waals surface area contributed by atoms with Gasteiger partial charge >= 0.3 is 5.97 Å². The molecule has 94 valence electrons. The third-order valence-corrected chi connectivity index (χ3v) is 2.48. The molecule has 0 heterocycles. The number of hydrogen-bond donors (Lipinski definition) is 2. The highest BCUT2D eigenvalue weighted by atomic mass is 16.5. The molecule has 0 spiro atoms. The standard InChI is InChI=1S/C13H19NO3/c1-8-5-4-6-11(7-9(2)14)12(8)17-10(3)13(15)16/h4-6,9-10H,7,14H2,1-3H3,(H,15,16). The zero-order valence-electron chi connectivity index (χ0n) is 10.4. The second-order valence-corrected chi connectivity index (χ2v) is 4.34. The number of carboxylic acid groups (broad SMARTS) is 1. The average Bonchev–Trinajstić information content (AvgIpc) is 2.22. The van der Waals surface area contributed by atoms with Gasteiger partial charge in [-0.3, -0.25) is 0 Å². The Morgan fingerprint density at radius 2 is 2.12 bits per heavy atom. The van der Waals surface area contributed by atoms with E-state index in [0.717, 1.165) is 11.1 Å². The molecule has 4 heteroatoms. The lowest BCUT2D eigenvalue weighted by Crippen LogP contribution is -2.25. The van der Waals surface area contributed by atoms with Crippen LogP contribution in [0.3, 0.4) is 0 Å². The second-order valence-electron chi connectivity index (χ2n) is 4.34. The number of aliphatic carboxylic acids is 1. The van der Waals surface area contributed by atoms with Gasteiger partial charge in [0.25, 0.3) is 0 Å². The minimum Gasteiger partial charge on any atom is -0.479 e. The summed E-state index contributed by atoms with van der Waals surface area (Å²) in [6.45, 7) is 5.33. The van der Waals surface area contributed by atoms with Crippen LogP contribution in [-0.4, -0.2) is 23.2 Å². The smallest absolute Gasteiger partial charge is 0.344 e.